The maximum atomic E-state index is 5.86. The van der Waals surface area contributed by atoms with E-state index in [9.17, 15) is 0 Å². The molecule has 0 amide bonds. The number of hydrogen-bond donors (Lipinski definition) is 2. The molecule has 0 bridgehead atoms. The number of rotatable bonds is 7. The fourth-order valence-corrected chi connectivity index (χ4v) is 3.24. The molecule has 1 fully saturated rings. The van der Waals surface area contributed by atoms with E-state index in [1.54, 1.807) is 0 Å². The Hall–Kier alpha value is -1.66. The lowest BCUT2D eigenvalue weighted by molar-refractivity contribution is -0.0939. The summed E-state index contributed by atoms with van der Waals surface area (Å²) in [5.74, 6) is 0.867. The van der Waals surface area contributed by atoms with Crippen LogP contribution in [0.25, 0.3) is 0 Å². The molecule has 0 spiro atoms. The van der Waals surface area contributed by atoms with Gasteiger partial charge in [-0.3, -0.25) is 14.9 Å². The molecule has 2 atom stereocenters. The van der Waals surface area contributed by atoms with Crippen molar-refractivity contribution < 1.29 is 4.74 Å². The molecule has 0 radical (unpaired) electrons. The Morgan fingerprint density at radius 2 is 2.00 bits per heavy atom. The van der Waals surface area contributed by atoms with E-state index in [0.29, 0.717) is 0 Å². The first-order valence-electron chi connectivity index (χ1n) is 9.73. The van der Waals surface area contributed by atoms with E-state index in [2.05, 4.69) is 61.2 Å². The van der Waals surface area contributed by atoms with Crippen LogP contribution in [0.1, 0.15) is 40.3 Å². The van der Waals surface area contributed by atoms with Crippen LogP contribution in [0.3, 0.4) is 0 Å². The van der Waals surface area contributed by atoms with Crippen molar-refractivity contribution in [3.8, 4) is 0 Å². The highest BCUT2D eigenvalue weighted by Crippen LogP contribution is 2.21. The Kier molecular flexibility index (Phi) is 7.85. The number of hydrogen-bond acceptors (Lipinski definition) is 4. The topological polar surface area (TPSA) is 61.8 Å². The van der Waals surface area contributed by atoms with Crippen LogP contribution in [0.15, 0.2) is 29.4 Å². The third-order valence-corrected chi connectivity index (χ3v) is 4.64. The average molecular weight is 362 g/mol. The molecule has 2 heterocycles. The zero-order chi connectivity index (χ0) is 19.0. The lowest BCUT2D eigenvalue weighted by Crippen LogP contribution is -2.56. The zero-order valence-corrected chi connectivity index (χ0v) is 17.0. The predicted octanol–water partition coefficient (Wildman–Crippen LogP) is 2.07. The van der Waals surface area contributed by atoms with Crippen LogP contribution in [-0.2, 0) is 11.2 Å². The summed E-state index contributed by atoms with van der Waals surface area (Å²) < 4.78 is 5.86. The van der Waals surface area contributed by atoms with Crippen molar-refractivity contribution in [3.63, 3.8) is 0 Å². The van der Waals surface area contributed by atoms with Gasteiger partial charge in [0.25, 0.3) is 0 Å². The van der Waals surface area contributed by atoms with Crippen molar-refractivity contribution in [2.24, 2.45) is 4.99 Å². The molecule has 2 unspecified atom stereocenters. The molecule has 146 valence electrons. The van der Waals surface area contributed by atoms with E-state index in [1.807, 2.05) is 18.3 Å². The third-order valence-electron chi connectivity index (χ3n) is 4.64. The van der Waals surface area contributed by atoms with Gasteiger partial charge in [0.15, 0.2) is 5.96 Å². The van der Waals surface area contributed by atoms with Crippen molar-refractivity contribution in [2.75, 3.05) is 32.7 Å². The van der Waals surface area contributed by atoms with E-state index in [0.717, 1.165) is 50.8 Å². The summed E-state index contributed by atoms with van der Waals surface area (Å²) in [5.41, 5.74) is 1.09. The quantitative estimate of drug-likeness (QED) is 0.575. The van der Waals surface area contributed by atoms with Gasteiger partial charge in [-0.25, -0.2) is 0 Å². The predicted molar refractivity (Wildman–Crippen MR) is 108 cm³/mol. The highest BCUT2D eigenvalue weighted by atomic mass is 16.5. The number of nitrogens with zero attached hydrogens (tertiary/aromatic N) is 3. The Balaban J connectivity index is 1.89. The number of guanidine groups is 1. The molecule has 1 aromatic rings. The van der Waals surface area contributed by atoms with E-state index >= 15 is 0 Å². The number of aromatic nitrogens is 1. The molecule has 6 nitrogen and oxygen atoms in total. The van der Waals surface area contributed by atoms with Crippen LogP contribution in [0.5, 0.6) is 0 Å². The molecule has 0 saturated carbocycles. The van der Waals surface area contributed by atoms with Crippen LogP contribution >= 0.6 is 0 Å². The van der Waals surface area contributed by atoms with Gasteiger partial charge in [-0.05, 0) is 46.8 Å². The van der Waals surface area contributed by atoms with Gasteiger partial charge in [-0.15, -0.1) is 0 Å². The molecule has 26 heavy (non-hydrogen) atoms. The molecular formula is C20H35N5O. The second-order valence-corrected chi connectivity index (χ2v) is 7.67. The fraction of sp³-hybridized carbons (Fsp3) is 0.700. The molecule has 1 saturated heterocycles. The van der Waals surface area contributed by atoms with Gasteiger partial charge in [0.05, 0.1) is 18.8 Å². The molecule has 0 aliphatic carbocycles. The Morgan fingerprint density at radius 1 is 1.27 bits per heavy atom. The summed E-state index contributed by atoms with van der Waals surface area (Å²) in [4.78, 5) is 11.7. The summed E-state index contributed by atoms with van der Waals surface area (Å²) in [6.45, 7) is 15.2. The third kappa shape index (κ3) is 6.57. The molecule has 2 rings (SSSR count). The zero-order valence-electron chi connectivity index (χ0n) is 17.0. The second-order valence-electron chi connectivity index (χ2n) is 7.67. The van der Waals surface area contributed by atoms with Crippen LogP contribution in [0.2, 0.25) is 0 Å². The number of pyridine rings is 1. The van der Waals surface area contributed by atoms with E-state index in [-0.39, 0.29) is 17.7 Å². The summed E-state index contributed by atoms with van der Waals surface area (Å²) in [7, 11) is 0. The Bertz CT molecular complexity index is 551. The van der Waals surface area contributed by atoms with Crippen molar-refractivity contribution in [2.45, 2.75) is 58.8 Å². The number of aliphatic imine (C=N–C) groups is 1. The van der Waals surface area contributed by atoms with Gasteiger partial charge in [-0.2, -0.15) is 0 Å². The lowest BCUT2D eigenvalue weighted by Gasteiger charge is -2.44. The number of morpholine rings is 1. The van der Waals surface area contributed by atoms with Gasteiger partial charge in [0, 0.05) is 50.0 Å². The number of nitrogens with one attached hydrogen (secondary N) is 2. The van der Waals surface area contributed by atoms with Crippen molar-refractivity contribution in [1.82, 2.24) is 20.5 Å². The highest BCUT2D eigenvalue weighted by Gasteiger charge is 2.33. The largest absolute Gasteiger partial charge is 0.373 e. The lowest BCUT2D eigenvalue weighted by atomic mass is 10.0. The molecule has 1 aliphatic heterocycles. The standard InChI is InChI=1S/C20H35N5O/c1-6-21-19(23-12-10-18-9-7-8-11-22-18)24-15-20(4,5)25-13-16(2)26-17(3)14-25/h7-9,11,16-17H,6,10,12-15H2,1-5H3,(H2,21,23,24). The van der Waals surface area contributed by atoms with E-state index in [1.165, 1.54) is 0 Å². The van der Waals surface area contributed by atoms with E-state index < -0.39 is 0 Å². The highest BCUT2D eigenvalue weighted by molar-refractivity contribution is 5.79. The van der Waals surface area contributed by atoms with Crippen LogP contribution in [0, 0.1) is 0 Å². The Labute approximate surface area is 158 Å². The molecule has 6 heteroatoms. The van der Waals surface area contributed by atoms with Gasteiger partial charge in [0.1, 0.15) is 0 Å². The minimum Gasteiger partial charge on any atom is -0.373 e. The van der Waals surface area contributed by atoms with Crippen LogP contribution in [0.4, 0.5) is 0 Å². The molecule has 0 aromatic carbocycles. The minimum atomic E-state index is -0.00433. The first kappa shape index (κ1) is 20.6. The van der Waals surface area contributed by atoms with Gasteiger partial charge >= 0.3 is 0 Å². The first-order chi connectivity index (χ1) is 12.4. The normalized spacial score (nSPS) is 22.3. The van der Waals surface area contributed by atoms with Crippen LogP contribution < -0.4 is 10.6 Å². The first-order valence-corrected chi connectivity index (χ1v) is 9.73. The average Bonchev–Trinajstić information content (AvgIpc) is 2.60. The maximum absolute atomic E-state index is 5.86. The van der Waals surface area contributed by atoms with Crippen molar-refractivity contribution >= 4 is 5.96 Å². The summed E-state index contributed by atoms with van der Waals surface area (Å²) in [6, 6.07) is 6.02. The maximum Gasteiger partial charge on any atom is 0.191 e. The minimum absolute atomic E-state index is 0.00433. The summed E-state index contributed by atoms with van der Waals surface area (Å²) in [5, 5.41) is 6.76. The summed E-state index contributed by atoms with van der Waals surface area (Å²) >= 11 is 0. The van der Waals surface area contributed by atoms with E-state index in [4.69, 9.17) is 9.73 Å². The monoisotopic (exact) mass is 361 g/mol. The smallest absolute Gasteiger partial charge is 0.191 e. The molecule has 2 N–H and O–H groups in total. The Morgan fingerprint density at radius 3 is 2.62 bits per heavy atom. The van der Waals surface area contributed by atoms with Crippen LogP contribution in [-0.4, -0.2) is 66.3 Å². The van der Waals surface area contributed by atoms with Gasteiger partial charge < -0.3 is 15.4 Å². The molecular weight excluding hydrogens is 326 g/mol. The number of ether oxygens (including phenoxy) is 1. The van der Waals surface area contributed by atoms with Gasteiger partial charge in [-0.1, -0.05) is 6.07 Å². The molecule has 1 aromatic heterocycles. The molecule has 1 aliphatic rings. The summed E-state index contributed by atoms with van der Waals surface area (Å²) in [6.07, 6.45) is 3.26. The fourth-order valence-electron chi connectivity index (χ4n) is 3.24. The van der Waals surface area contributed by atoms with Crippen molar-refractivity contribution in [1.29, 1.82) is 0 Å². The van der Waals surface area contributed by atoms with Crippen molar-refractivity contribution in [3.05, 3.63) is 30.1 Å². The second kappa shape index (κ2) is 9.88. The van der Waals surface area contributed by atoms with Gasteiger partial charge in [0.2, 0.25) is 0 Å². The SMILES string of the molecule is CCNC(=NCC(C)(C)N1CC(C)OC(C)C1)NCCc1ccccn1.